The van der Waals surface area contributed by atoms with Crippen LogP contribution < -0.4 is 15.4 Å². The van der Waals surface area contributed by atoms with Crippen molar-refractivity contribution >= 4 is 35.4 Å². The smallest absolute Gasteiger partial charge is 0.407 e. The van der Waals surface area contributed by atoms with Gasteiger partial charge in [-0.1, -0.05) is 71.0 Å². The van der Waals surface area contributed by atoms with Gasteiger partial charge in [0.05, 0.1) is 30.7 Å². The normalized spacial score (nSPS) is 17.0. The molecule has 0 radical (unpaired) electrons. The van der Waals surface area contributed by atoms with Crippen LogP contribution in [0.5, 0.6) is 11.5 Å². The van der Waals surface area contributed by atoms with Gasteiger partial charge >= 0.3 is 12.1 Å². The number of aromatic nitrogens is 2. The quantitative estimate of drug-likeness (QED) is 0.0856. The zero-order chi connectivity index (χ0) is 50.2. The van der Waals surface area contributed by atoms with Crippen molar-refractivity contribution in [1.82, 2.24) is 25.5 Å². The second-order valence-corrected chi connectivity index (χ2v) is 19.6. The van der Waals surface area contributed by atoms with E-state index in [4.69, 9.17) is 24.2 Å². The lowest BCUT2D eigenvalue weighted by Gasteiger charge is -2.32. The molecule has 1 aromatic heterocycles. The second kappa shape index (κ2) is 22.0. The first-order chi connectivity index (χ1) is 31.9. The van der Waals surface area contributed by atoms with Gasteiger partial charge in [-0.2, -0.15) is 0 Å². The average molecular weight is 934 g/mol. The van der Waals surface area contributed by atoms with E-state index in [2.05, 4.69) is 31.4 Å². The molecule has 0 saturated heterocycles. The van der Waals surface area contributed by atoms with Crippen LogP contribution in [0.25, 0.3) is 22.5 Å². The molecule has 68 heavy (non-hydrogen) atoms. The molecule has 15 nitrogen and oxygen atoms in total. The van der Waals surface area contributed by atoms with E-state index in [1.165, 1.54) is 25.1 Å². The fourth-order valence-corrected chi connectivity index (χ4v) is 8.29. The van der Waals surface area contributed by atoms with E-state index in [1.807, 2.05) is 31.2 Å². The van der Waals surface area contributed by atoms with Crippen molar-refractivity contribution in [3.63, 3.8) is 0 Å². The molecule has 1 aliphatic heterocycles. The summed E-state index contributed by atoms with van der Waals surface area (Å²) in [6.45, 7) is 18.8. The number of ketones is 2. The number of methoxy groups -OCH3 is 1. The number of hydrogen-bond donors (Lipinski definition) is 3. The largest absolute Gasteiger partial charge is 0.507 e. The molecular formula is C53H67N5O10. The van der Waals surface area contributed by atoms with Crippen molar-refractivity contribution in [2.75, 3.05) is 27.3 Å². The number of nitrogens with zero attached hydrogens (tertiary/aromatic N) is 3. The summed E-state index contributed by atoms with van der Waals surface area (Å²) in [7, 11) is 2.67. The Kier molecular flexibility index (Phi) is 16.9. The summed E-state index contributed by atoms with van der Waals surface area (Å²) in [4.78, 5) is 94.5. The highest BCUT2D eigenvalue weighted by atomic mass is 16.6. The fraction of sp³-hybridized carbons (Fsp3) is 0.472. The Morgan fingerprint density at radius 3 is 2.18 bits per heavy atom. The van der Waals surface area contributed by atoms with Gasteiger partial charge in [0.25, 0.3) is 0 Å². The number of ether oxygens (including phenoxy) is 3. The van der Waals surface area contributed by atoms with Gasteiger partial charge in [-0.05, 0) is 93.8 Å². The molecule has 3 amide bonds. The zero-order valence-electron chi connectivity index (χ0n) is 41.5. The number of carbonyl (C=O) groups is 6. The molecule has 364 valence electrons. The SMILES string of the molecule is CCCOc1ccc2cc1-c1cc(ccc1O)C[C@@H](C(=O)OC)NC(=O)[C@H](C)CC(=O)[C@H]2N(C)C(=O)[C@H](CCNC(=O)OC(C)(C)C)CC(=O)c1c(C)nc(-c2ccc(C(C)(C)C)cc2)nc1C. The number of fused-ring (bicyclic) bond motifs is 5. The topological polar surface area (TPSA) is 203 Å². The predicted molar refractivity (Wildman–Crippen MR) is 258 cm³/mol. The van der Waals surface area contributed by atoms with Gasteiger partial charge in [-0.3, -0.25) is 19.2 Å². The molecule has 1 aliphatic rings. The molecule has 2 heterocycles. The van der Waals surface area contributed by atoms with Crippen molar-refractivity contribution in [2.24, 2.45) is 11.8 Å². The number of aromatic hydroxyl groups is 1. The first-order valence-electron chi connectivity index (χ1n) is 23.1. The van der Waals surface area contributed by atoms with Crippen molar-refractivity contribution in [3.05, 3.63) is 94.3 Å². The number of esters is 1. The second-order valence-electron chi connectivity index (χ2n) is 19.6. The van der Waals surface area contributed by atoms with Gasteiger partial charge in [0.15, 0.2) is 17.4 Å². The molecule has 0 aliphatic carbocycles. The molecule has 15 heteroatoms. The first kappa shape index (κ1) is 52.3. The molecule has 4 bridgehead atoms. The molecule has 3 aromatic carbocycles. The van der Waals surface area contributed by atoms with Crippen molar-refractivity contribution in [2.45, 2.75) is 124 Å². The number of carbonyl (C=O) groups excluding carboxylic acids is 6. The lowest BCUT2D eigenvalue weighted by atomic mass is 9.86. The molecule has 0 unspecified atom stereocenters. The van der Waals surface area contributed by atoms with E-state index in [9.17, 15) is 29.1 Å². The summed E-state index contributed by atoms with van der Waals surface area (Å²) in [6.07, 6.45) is -0.687. The third kappa shape index (κ3) is 13.1. The van der Waals surface area contributed by atoms with Gasteiger partial charge in [0.2, 0.25) is 11.8 Å². The van der Waals surface area contributed by atoms with Crippen LogP contribution in [0.4, 0.5) is 4.79 Å². The molecule has 0 fully saturated rings. The van der Waals surface area contributed by atoms with E-state index < -0.39 is 65.0 Å². The van der Waals surface area contributed by atoms with E-state index in [-0.39, 0.29) is 49.0 Å². The minimum absolute atomic E-state index is 0.0182. The summed E-state index contributed by atoms with van der Waals surface area (Å²) in [6, 6.07) is 15.3. The van der Waals surface area contributed by atoms with Crippen LogP contribution in [-0.4, -0.2) is 94.4 Å². The van der Waals surface area contributed by atoms with Crippen LogP contribution in [0.2, 0.25) is 0 Å². The van der Waals surface area contributed by atoms with Crippen LogP contribution in [0.15, 0.2) is 60.7 Å². The number of aryl methyl sites for hydroxylation is 2. The molecular weight excluding hydrogens is 867 g/mol. The van der Waals surface area contributed by atoms with Gasteiger partial charge in [0.1, 0.15) is 29.2 Å². The predicted octanol–water partition coefficient (Wildman–Crippen LogP) is 8.33. The van der Waals surface area contributed by atoms with Crippen LogP contribution >= 0.6 is 0 Å². The molecule has 0 spiro atoms. The van der Waals surface area contributed by atoms with E-state index in [0.717, 1.165) is 11.1 Å². The Morgan fingerprint density at radius 2 is 1.57 bits per heavy atom. The van der Waals surface area contributed by atoms with E-state index >= 15 is 4.79 Å². The Balaban J connectivity index is 1.58. The number of phenols is 1. The Morgan fingerprint density at radius 1 is 0.912 bits per heavy atom. The average Bonchev–Trinajstić information content (AvgIpc) is 3.26. The van der Waals surface area contributed by atoms with E-state index in [1.54, 1.807) is 71.9 Å². The zero-order valence-corrected chi connectivity index (χ0v) is 41.5. The summed E-state index contributed by atoms with van der Waals surface area (Å²) in [5.74, 6) is -4.08. The maximum atomic E-state index is 15.1. The van der Waals surface area contributed by atoms with Crippen LogP contribution in [0, 0.1) is 25.7 Å². The summed E-state index contributed by atoms with van der Waals surface area (Å²) < 4.78 is 16.6. The highest BCUT2D eigenvalue weighted by Crippen LogP contribution is 2.40. The minimum Gasteiger partial charge on any atom is -0.507 e. The monoisotopic (exact) mass is 933 g/mol. The number of Topliss-reactive ketones (excluding diaryl/α,β-unsaturated/α-hetero) is 2. The lowest BCUT2D eigenvalue weighted by Crippen LogP contribution is -2.46. The first-order valence-corrected chi connectivity index (χ1v) is 23.1. The van der Waals surface area contributed by atoms with Gasteiger partial charge < -0.3 is 34.9 Å². The number of alkyl carbamates (subject to hydrolysis) is 1. The van der Waals surface area contributed by atoms with Crippen molar-refractivity contribution in [3.8, 4) is 34.0 Å². The number of nitrogens with one attached hydrogen (secondary N) is 2. The van der Waals surface area contributed by atoms with Crippen LogP contribution in [0.3, 0.4) is 0 Å². The Bertz CT molecular complexity index is 2500. The number of amides is 3. The number of phenolic OH excluding ortho intramolecular Hbond substituents is 1. The van der Waals surface area contributed by atoms with Crippen molar-refractivity contribution in [1.29, 1.82) is 0 Å². The number of likely N-dealkylation sites (N-methyl/N-ethyl adjacent to an activating group) is 1. The van der Waals surface area contributed by atoms with Gasteiger partial charge in [-0.25, -0.2) is 19.6 Å². The Hall–Kier alpha value is -6.64. The lowest BCUT2D eigenvalue weighted by molar-refractivity contribution is -0.146. The summed E-state index contributed by atoms with van der Waals surface area (Å²) >= 11 is 0. The maximum Gasteiger partial charge on any atom is 0.407 e. The number of hydrogen-bond acceptors (Lipinski definition) is 12. The molecule has 3 N–H and O–H groups in total. The van der Waals surface area contributed by atoms with Crippen LogP contribution in [0.1, 0.15) is 126 Å². The third-order valence-electron chi connectivity index (χ3n) is 11.9. The van der Waals surface area contributed by atoms with Gasteiger partial charge in [-0.15, -0.1) is 0 Å². The summed E-state index contributed by atoms with van der Waals surface area (Å²) in [5.41, 5.74) is 3.90. The number of benzene rings is 3. The highest BCUT2D eigenvalue weighted by molar-refractivity contribution is 6.01. The minimum atomic E-state index is -1.31. The maximum absolute atomic E-state index is 15.1. The van der Waals surface area contributed by atoms with Gasteiger partial charge in [0, 0.05) is 61.4 Å². The fourth-order valence-electron chi connectivity index (χ4n) is 8.29. The third-order valence-corrected chi connectivity index (χ3v) is 11.9. The molecule has 0 saturated carbocycles. The Labute approximate surface area is 399 Å². The number of rotatable bonds is 13. The van der Waals surface area contributed by atoms with E-state index in [0.29, 0.717) is 58.2 Å². The molecule has 5 rings (SSSR count). The molecule has 4 aromatic rings. The highest BCUT2D eigenvalue weighted by Gasteiger charge is 2.37. The van der Waals surface area contributed by atoms with Crippen LogP contribution in [-0.2, 0) is 40.5 Å². The summed E-state index contributed by atoms with van der Waals surface area (Å²) in [5, 5.41) is 16.7. The van der Waals surface area contributed by atoms with Crippen molar-refractivity contribution < 1.29 is 48.1 Å². The molecule has 4 atom stereocenters. The standard InChI is InChI=1S/C53H67N5O10/c1-13-24-67-44-21-17-35-28-39(44)38-26-33(14-20-41(38)59)27-40(50(64)66-12)57-48(62)30(2)25-43(61)46(35)58(11)49(63)36(22-23-54-51(65)68-53(8,9)10)29-42(60)45-31(3)55-47(56-32(45)4)34-15-18-37(19-16-34)52(5,6)7/h14-21,26,28,30,36,40,46,59H,13,22-25,27,29H2,1-12H3,(H,54,65)(H,57,62)/t30-,36-,40+,46+/m1/s1.